The minimum atomic E-state index is -1.80. The summed E-state index contributed by atoms with van der Waals surface area (Å²) in [6.45, 7) is 5.11. The summed E-state index contributed by atoms with van der Waals surface area (Å²) < 4.78 is 18.1. The number of hydrogen-bond donors (Lipinski definition) is 1. The van der Waals surface area contributed by atoms with Crippen molar-refractivity contribution in [3.05, 3.63) is 11.5 Å². The molecule has 3 heteroatoms. The molecule has 0 rings (SSSR count). The third kappa shape index (κ3) is 2.53. The van der Waals surface area contributed by atoms with Crippen LogP contribution >= 0.6 is 0 Å². The van der Waals surface area contributed by atoms with Gasteiger partial charge in [0.05, 0.1) is 0 Å². The van der Waals surface area contributed by atoms with Gasteiger partial charge in [-0.1, -0.05) is 13.5 Å². The van der Waals surface area contributed by atoms with Crippen molar-refractivity contribution in [1.29, 1.82) is 0 Å². The summed E-state index contributed by atoms with van der Waals surface area (Å²) >= 11 is -1.80. The molecule has 0 aliphatic rings. The highest BCUT2D eigenvalue weighted by Gasteiger charge is 1.93. The molecule has 1 N–H and O–H groups in total. The standard InChI is InChI=1S/C4H8O2S/c1-3-4(2)7(5)6/h2-3H2,1H3,(H,5,6). The topological polar surface area (TPSA) is 37.3 Å². The molecule has 0 aromatic rings. The SMILES string of the molecule is C=C(CC)S(=O)O. The van der Waals surface area contributed by atoms with E-state index in [1.54, 1.807) is 6.92 Å². The highest BCUT2D eigenvalue weighted by Crippen LogP contribution is 1.97. The van der Waals surface area contributed by atoms with Gasteiger partial charge < -0.3 is 4.55 Å². The lowest BCUT2D eigenvalue weighted by Crippen LogP contribution is -1.86. The molecular formula is C4H8O2S. The minimum absolute atomic E-state index is 0.375. The molecule has 0 aliphatic carbocycles. The van der Waals surface area contributed by atoms with Crippen LogP contribution in [0, 0.1) is 0 Å². The maximum absolute atomic E-state index is 9.94. The van der Waals surface area contributed by atoms with E-state index in [4.69, 9.17) is 4.55 Å². The van der Waals surface area contributed by atoms with Crippen molar-refractivity contribution in [2.45, 2.75) is 13.3 Å². The molecule has 1 atom stereocenters. The van der Waals surface area contributed by atoms with Gasteiger partial charge in [0.25, 0.3) is 0 Å². The average Bonchev–Trinajstić information content (AvgIpc) is 1.65. The molecule has 0 aliphatic heterocycles. The van der Waals surface area contributed by atoms with Gasteiger partial charge in [0, 0.05) is 4.91 Å². The third-order valence-corrected chi connectivity index (χ3v) is 1.42. The highest BCUT2D eigenvalue weighted by molar-refractivity contribution is 7.83. The zero-order valence-corrected chi connectivity index (χ0v) is 4.99. The molecule has 0 fully saturated rings. The molecule has 0 amide bonds. The first-order valence-electron chi connectivity index (χ1n) is 1.97. The molecular weight excluding hydrogens is 112 g/mol. The van der Waals surface area contributed by atoms with Crippen molar-refractivity contribution in [3.8, 4) is 0 Å². The molecule has 42 valence electrons. The summed E-state index contributed by atoms with van der Waals surface area (Å²) in [6.07, 6.45) is 0.573. The summed E-state index contributed by atoms with van der Waals surface area (Å²) in [7, 11) is 0. The van der Waals surface area contributed by atoms with Gasteiger partial charge in [-0.25, -0.2) is 4.21 Å². The van der Waals surface area contributed by atoms with Gasteiger partial charge in [0.1, 0.15) is 0 Å². The van der Waals surface area contributed by atoms with E-state index >= 15 is 0 Å². The molecule has 0 aromatic heterocycles. The van der Waals surface area contributed by atoms with Gasteiger partial charge in [-0.05, 0) is 6.42 Å². The zero-order valence-electron chi connectivity index (χ0n) is 4.18. The summed E-state index contributed by atoms with van der Waals surface area (Å²) in [6, 6.07) is 0. The van der Waals surface area contributed by atoms with Crippen molar-refractivity contribution >= 4 is 11.1 Å². The van der Waals surface area contributed by atoms with Gasteiger partial charge >= 0.3 is 0 Å². The van der Waals surface area contributed by atoms with Crippen LogP contribution in [0.3, 0.4) is 0 Å². The highest BCUT2D eigenvalue weighted by atomic mass is 32.2. The Morgan fingerprint density at radius 2 is 2.43 bits per heavy atom. The Morgan fingerprint density at radius 3 is 2.43 bits per heavy atom. The molecule has 7 heavy (non-hydrogen) atoms. The van der Waals surface area contributed by atoms with Crippen LogP contribution in [-0.4, -0.2) is 8.76 Å². The smallest absolute Gasteiger partial charge is 0.181 e. The molecule has 2 nitrogen and oxygen atoms in total. The van der Waals surface area contributed by atoms with Crippen LogP contribution in [0.15, 0.2) is 11.5 Å². The molecule has 1 unspecified atom stereocenters. The van der Waals surface area contributed by atoms with Crippen molar-refractivity contribution < 1.29 is 8.76 Å². The Hall–Kier alpha value is -0.150. The molecule has 0 spiro atoms. The first-order chi connectivity index (χ1) is 3.18. The van der Waals surface area contributed by atoms with E-state index in [1.165, 1.54) is 0 Å². The van der Waals surface area contributed by atoms with Crippen molar-refractivity contribution in [2.75, 3.05) is 0 Å². The van der Waals surface area contributed by atoms with Gasteiger partial charge in [0.15, 0.2) is 11.1 Å². The predicted octanol–water partition coefficient (Wildman–Crippen LogP) is 1.13. The fraction of sp³-hybridized carbons (Fsp3) is 0.500. The van der Waals surface area contributed by atoms with Crippen LogP contribution in [0.25, 0.3) is 0 Å². The molecule has 0 heterocycles. The van der Waals surface area contributed by atoms with E-state index in [0.717, 1.165) is 0 Å². The number of allylic oxidation sites excluding steroid dienone is 1. The Bertz CT molecular complexity index is 97.9. The lowest BCUT2D eigenvalue weighted by atomic mass is 10.5. The van der Waals surface area contributed by atoms with E-state index in [9.17, 15) is 4.21 Å². The van der Waals surface area contributed by atoms with E-state index in [2.05, 4.69) is 6.58 Å². The fourth-order valence-corrected chi connectivity index (χ4v) is 0.370. The second-order valence-corrected chi connectivity index (χ2v) is 2.22. The molecule has 0 bridgehead atoms. The van der Waals surface area contributed by atoms with Gasteiger partial charge in [0.2, 0.25) is 0 Å². The predicted molar refractivity (Wildman–Crippen MR) is 30.2 cm³/mol. The van der Waals surface area contributed by atoms with Crippen LogP contribution in [-0.2, 0) is 11.1 Å². The van der Waals surface area contributed by atoms with Crippen LogP contribution in [0.2, 0.25) is 0 Å². The molecule has 0 aromatic carbocycles. The van der Waals surface area contributed by atoms with Crippen LogP contribution in [0.5, 0.6) is 0 Å². The van der Waals surface area contributed by atoms with E-state index in [1.807, 2.05) is 0 Å². The van der Waals surface area contributed by atoms with Gasteiger partial charge in [-0.3, -0.25) is 0 Å². The van der Waals surface area contributed by atoms with Gasteiger partial charge in [-0.15, -0.1) is 0 Å². The summed E-state index contributed by atoms with van der Waals surface area (Å²) in [5, 5.41) is 0. The lowest BCUT2D eigenvalue weighted by molar-refractivity contribution is 0.570. The maximum atomic E-state index is 9.94. The Labute approximate surface area is 45.5 Å². The fourth-order valence-electron chi connectivity index (χ4n) is 0.123. The molecule has 0 saturated carbocycles. The number of rotatable bonds is 2. The zero-order chi connectivity index (χ0) is 5.86. The van der Waals surface area contributed by atoms with Crippen LogP contribution in [0.1, 0.15) is 13.3 Å². The summed E-state index contributed by atoms with van der Waals surface area (Å²) in [4.78, 5) is 0.375. The maximum Gasteiger partial charge on any atom is 0.181 e. The first-order valence-corrected chi connectivity index (χ1v) is 3.07. The van der Waals surface area contributed by atoms with Crippen molar-refractivity contribution in [1.82, 2.24) is 0 Å². The summed E-state index contributed by atoms with van der Waals surface area (Å²) in [5.41, 5.74) is 0. The normalized spacial score (nSPS) is 13.4. The molecule has 0 radical (unpaired) electrons. The van der Waals surface area contributed by atoms with E-state index < -0.39 is 11.1 Å². The van der Waals surface area contributed by atoms with Crippen LogP contribution in [0.4, 0.5) is 0 Å². The number of hydrogen-bond acceptors (Lipinski definition) is 1. The Morgan fingerprint density at radius 1 is 2.00 bits per heavy atom. The second kappa shape index (κ2) is 2.93. The van der Waals surface area contributed by atoms with E-state index in [0.29, 0.717) is 11.3 Å². The summed E-state index contributed by atoms with van der Waals surface area (Å²) in [5.74, 6) is 0. The van der Waals surface area contributed by atoms with Crippen molar-refractivity contribution in [2.24, 2.45) is 0 Å². The minimum Gasteiger partial charge on any atom is -0.303 e. The quantitative estimate of drug-likeness (QED) is 0.555. The third-order valence-electron chi connectivity index (χ3n) is 0.641. The largest absolute Gasteiger partial charge is 0.303 e. The van der Waals surface area contributed by atoms with Crippen molar-refractivity contribution in [3.63, 3.8) is 0 Å². The molecule has 0 saturated heterocycles. The second-order valence-electron chi connectivity index (χ2n) is 1.14. The van der Waals surface area contributed by atoms with E-state index in [-0.39, 0.29) is 0 Å². The monoisotopic (exact) mass is 120 g/mol. The van der Waals surface area contributed by atoms with Crippen LogP contribution < -0.4 is 0 Å². The average molecular weight is 120 g/mol. The lowest BCUT2D eigenvalue weighted by Gasteiger charge is -1.88. The Balaban J connectivity index is 3.58. The Kier molecular flexibility index (Phi) is 2.87. The van der Waals surface area contributed by atoms with Gasteiger partial charge in [-0.2, -0.15) is 0 Å². The first kappa shape index (κ1) is 6.85.